The van der Waals surface area contributed by atoms with Gasteiger partial charge in [-0.25, -0.2) is 4.79 Å². The van der Waals surface area contributed by atoms with Crippen molar-refractivity contribution in [2.24, 2.45) is 0 Å². The zero-order chi connectivity index (χ0) is 26.4. The van der Waals surface area contributed by atoms with Crippen molar-refractivity contribution < 1.29 is 9.53 Å². The number of carbonyl (C=O) groups is 1. The maximum Gasteiger partial charge on any atom is 0.330 e. The zero-order valence-electron chi connectivity index (χ0n) is 21.4. The van der Waals surface area contributed by atoms with Crippen molar-refractivity contribution in [1.82, 2.24) is 9.55 Å². The Morgan fingerprint density at radius 3 is 2.62 bits per heavy atom. The van der Waals surface area contributed by atoms with Crippen LogP contribution >= 0.6 is 0 Å². The molecule has 0 aliphatic heterocycles. The number of allylic oxidation sites excluding steroid dienone is 1. The van der Waals surface area contributed by atoms with Gasteiger partial charge in [-0.2, -0.15) is 0 Å². The number of amides is 1. The van der Waals surface area contributed by atoms with Crippen LogP contribution < -0.4 is 26.6 Å². The smallest absolute Gasteiger partial charge is 0.330 e. The Balaban J connectivity index is 1.70. The molecule has 1 heterocycles. The molecule has 1 aromatic heterocycles. The Morgan fingerprint density at radius 1 is 1.14 bits per heavy atom. The molecule has 0 bridgehead atoms. The van der Waals surface area contributed by atoms with Crippen molar-refractivity contribution in [3.8, 4) is 5.75 Å². The molecule has 0 spiro atoms. The molecule has 0 saturated heterocycles. The summed E-state index contributed by atoms with van der Waals surface area (Å²) in [5.74, 6) is 0.109. The van der Waals surface area contributed by atoms with Crippen molar-refractivity contribution in [2.45, 2.75) is 58.6 Å². The number of nitrogens with two attached hydrogens (primary N) is 1. The van der Waals surface area contributed by atoms with Crippen molar-refractivity contribution in [2.75, 3.05) is 17.2 Å². The summed E-state index contributed by atoms with van der Waals surface area (Å²) < 4.78 is 7.24. The monoisotopic (exact) mass is 502 g/mol. The van der Waals surface area contributed by atoms with E-state index in [1.165, 1.54) is 15.0 Å². The molecule has 1 amide bonds. The summed E-state index contributed by atoms with van der Waals surface area (Å²) in [6.45, 7) is 4.02. The van der Waals surface area contributed by atoms with Crippen LogP contribution in [-0.4, -0.2) is 28.1 Å². The number of carbonyl (C=O) groups excluding carboxylic acids is 1. The van der Waals surface area contributed by atoms with E-state index >= 15 is 0 Å². The third kappa shape index (κ3) is 6.39. The van der Waals surface area contributed by atoms with Crippen LogP contribution in [0.2, 0.25) is 0 Å². The molecule has 37 heavy (non-hydrogen) atoms. The van der Waals surface area contributed by atoms with E-state index in [0.717, 1.165) is 36.8 Å². The van der Waals surface area contributed by atoms with Gasteiger partial charge in [0.05, 0.1) is 6.54 Å². The molecule has 2 aromatic carbocycles. The minimum absolute atomic E-state index is 0.0309. The number of nitrogens with zero attached hydrogens (tertiary/aromatic N) is 2. The molecule has 0 fully saturated rings. The fourth-order valence-corrected chi connectivity index (χ4v) is 4.64. The van der Waals surface area contributed by atoms with Gasteiger partial charge in [0, 0.05) is 6.54 Å². The molecule has 1 atom stereocenters. The quantitative estimate of drug-likeness (QED) is 0.427. The van der Waals surface area contributed by atoms with Gasteiger partial charge in [-0.15, -0.1) is 0 Å². The fourth-order valence-electron chi connectivity index (χ4n) is 4.64. The van der Waals surface area contributed by atoms with Crippen LogP contribution in [-0.2, 0) is 11.3 Å². The molecule has 0 saturated carbocycles. The number of nitrogen functional groups attached to an aromatic ring is 1. The Hall–Kier alpha value is -4.07. The summed E-state index contributed by atoms with van der Waals surface area (Å²) >= 11 is 0. The number of hydrogen-bond acceptors (Lipinski definition) is 5. The summed E-state index contributed by atoms with van der Waals surface area (Å²) in [6.07, 6.45) is 6.19. The third-order valence-corrected chi connectivity index (χ3v) is 6.63. The molecule has 1 aliphatic carbocycles. The summed E-state index contributed by atoms with van der Waals surface area (Å²) in [4.78, 5) is 43.3. The number of benzene rings is 2. The van der Waals surface area contributed by atoms with E-state index in [-0.39, 0.29) is 24.6 Å². The standard InChI is InChI=1S/C29H34N4O4/c1-20-10-9-15-24(18-20)37-21(2)28(35)32(17-16-22-11-5-3-6-12-22)25-26(30)33(29(36)31-27(25)34)19-23-13-7-4-8-14-23/h4,7-11,13-15,18,21H,3,5-6,12,16-17,19,30H2,1-2H3,(H,31,34,36). The van der Waals surface area contributed by atoms with Crippen molar-refractivity contribution in [3.05, 3.63) is 98.2 Å². The van der Waals surface area contributed by atoms with Gasteiger partial charge in [0.25, 0.3) is 11.5 Å². The van der Waals surface area contributed by atoms with Crippen molar-refractivity contribution in [3.63, 3.8) is 0 Å². The van der Waals surface area contributed by atoms with Gasteiger partial charge < -0.3 is 15.4 Å². The molecule has 194 valence electrons. The van der Waals surface area contributed by atoms with Gasteiger partial charge in [0.1, 0.15) is 11.6 Å². The Bertz CT molecular complexity index is 1390. The Morgan fingerprint density at radius 2 is 1.92 bits per heavy atom. The number of H-pyrrole nitrogens is 1. The van der Waals surface area contributed by atoms with E-state index in [0.29, 0.717) is 12.2 Å². The topological polar surface area (TPSA) is 110 Å². The van der Waals surface area contributed by atoms with E-state index in [1.54, 1.807) is 13.0 Å². The molecule has 8 nitrogen and oxygen atoms in total. The second-order valence-corrected chi connectivity index (χ2v) is 9.49. The second kappa shape index (κ2) is 11.8. The fraction of sp³-hybridized carbons (Fsp3) is 0.345. The number of aryl methyl sites for hydroxylation is 1. The van der Waals surface area contributed by atoms with Crippen LogP contribution in [0.25, 0.3) is 0 Å². The van der Waals surface area contributed by atoms with Gasteiger partial charge in [-0.1, -0.05) is 54.1 Å². The lowest BCUT2D eigenvalue weighted by Gasteiger charge is -2.28. The zero-order valence-corrected chi connectivity index (χ0v) is 21.4. The molecule has 0 radical (unpaired) electrons. The van der Waals surface area contributed by atoms with Gasteiger partial charge in [-0.3, -0.25) is 19.1 Å². The number of anilines is 2. The van der Waals surface area contributed by atoms with Crippen LogP contribution in [0, 0.1) is 6.92 Å². The largest absolute Gasteiger partial charge is 0.481 e. The molecule has 3 N–H and O–H groups in total. The van der Waals surface area contributed by atoms with Crippen molar-refractivity contribution >= 4 is 17.4 Å². The third-order valence-electron chi connectivity index (χ3n) is 6.63. The predicted molar refractivity (Wildman–Crippen MR) is 146 cm³/mol. The highest BCUT2D eigenvalue weighted by Crippen LogP contribution is 2.25. The van der Waals surface area contributed by atoms with E-state index in [4.69, 9.17) is 10.5 Å². The molecule has 8 heteroatoms. The van der Waals surface area contributed by atoms with Gasteiger partial charge in [0.2, 0.25) is 0 Å². The minimum Gasteiger partial charge on any atom is -0.481 e. The second-order valence-electron chi connectivity index (χ2n) is 9.49. The predicted octanol–water partition coefficient (Wildman–Crippen LogP) is 4.17. The molecule has 1 unspecified atom stereocenters. The first kappa shape index (κ1) is 26.0. The van der Waals surface area contributed by atoms with E-state index in [1.807, 2.05) is 55.5 Å². The lowest BCUT2D eigenvalue weighted by molar-refractivity contribution is -0.124. The average Bonchev–Trinajstić information content (AvgIpc) is 2.89. The van der Waals surface area contributed by atoms with Gasteiger partial charge in [-0.05, 0) is 69.2 Å². The highest BCUT2D eigenvalue weighted by molar-refractivity contribution is 5.98. The number of aromatic nitrogens is 2. The number of ether oxygens (including phenoxy) is 1. The maximum atomic E-state index is 13.8. The van der Waals surface area contributed by atoms with E-state index in [9.17, 15) is 14.4 Å². The Labute approximate surface area is 216 Å². The molecular formula is C29H34N4O4. The van der Waals surface area contributed by atoms with Crippen molar-refractivity contribution in [1.29, 1.82) is 0 Å². The number of hydrogen-bond donors (Lipinski definition) is 2. The van der Waals surface area contributed by atoms with Crippen LogP contribution in [0.1, 0.15) is 50.2 Å². The summed E-state index contributed by atoms with van der Waals surface area (Å²) in [7, 11) is 0. The number of rotatable bonds is 9. The minimum atomic E-state index is -0.879. The first-order valence-electron chi connectivity index (χ1n) is 12.7. The highest BCUT2D eigenvalue weighted by Gasteiger charge is 2.29. The Kier molecular flexibility index (Phi) is 8.28. The van der Waals surface area contributed by atoms with Crippen LogP contribution in [0.15, 0.2) is 75.8 Å². The first-order valence-corrected chi connectivity index (χ1v) is 12.7. The summed E-state index contributed by atoms with van der Waals surface area (Å²) in [5.41, 5.74) is 8.20. The van der Waals surface area contributed by atoms with Crippen LogP contribution in [0.3, 0.4) is 0 Å². The maximum absolute atomic E-state index is 13.8. The van der Waals surface area contributed by atoms with Gasteiger partial charge >= 0.3 is 5.69 Å². The number of aromatic amines is 1. The van der Waals surface area contributed by atoms with Gasteiger partial charge in [0.15, 0.2) is 11.8 Å². The normalized spacial score (nSPS) is 14.1. The lowest BCUT2D eigenvalue weighted by atomic mass is 9.97. The average molecular weight is 503 g/mol. The van der Waals surface area contributed by atoms with Crippen LogP contribution in [0.4, 0.5) is 11.5 Å². The first-order chi connectivity index (χ1) is 17.8. The highest BCUT2D eigenvalue weighted by atomic mass is 16.5. The summed E-state index contributed by atoms with van der Waals surface area (Å²) in [6, 6.07) is 16.8. The van der Waals surface area contributed by atoms with E-state index < -0.39 is 23.3 Å². The lowest BCUT2D eigenvalue weighted by Crippen LogP contribution is -2.46. The molecular weight excluding hydrogens is 468 g/mol. The van der Waals surface area contributed by atoms with Crippen LogP contribution in [0.5, 0.6) is 5.75 Å². The molecule has 3 aromatic rings. The molecule has 4 rings (SSSR count). The number of nitrogens with one attached hydrogen (secondary N) is 1. The summed E-state index contributed by atoms with van der Waals surface area (Å²) in [5, 5.41) is 0. The SMILES string of the molecule is Cc1cccc(OC(C)C(=O)N(CCC2=CCCCC2)c2c(N)n(Cc3ccccc3)c(=O)[nH]c2=O)c1. The van der Waals surface area contributed by atoms with E-state index in [2.05, 4.69) is 11.1 Å². The molecule has 1 aliphatic rings.